The number of benzene rings is 2. The van der Waals surface area contributed by atoms with E-state index in [9.17, 15) is 14.4 Å². The molecule has 0 N–H and O–H groups in total. The molecule has 4 amide bonds. The average molecular weight is 522 g/mol. The Morgan fingerprint density at radius 3 is 2.24 bits per heavy atom. The van der Waals surface area contributed by atoms with E-state index in [0.717, 1.165) is 36.9 Å². The minimum Gasteiger partial charge on any atom is -0.383 e. The Morgan fingerprint density at radius 1 is 0.912 bits per heavy atom. The molecule has 0 unspecified atom stereocenters. The summed E-state index contributed by atoms with van der Waals surface area (Å²) in [6.45, 7) is 4.11. The van der Waals surface area contributed by atoms with Gasteiger partial charge in [0.2, 0.25) is 0 Å². The smallest absolute Gasteiger partial charge is 0.338 e. The van der Waals surface area contributed by atoms with Crippen LogP contribution in [0.5, 0.6) is 0 Å². The molecule has 0 saturated carbocycles. The van der Waals surface area contributed by atoms with Crippen LogP contribution in [0.4, 0.5) is 10.5 Å². The number of anilines is 1. The zero-order valence-electron chi connectivity index (χ0n) is 19.1. The van der Waals surface area contributed by atoms with E-state index in [-0.39, 0.29) is 18.7 Å². The van der Waals surface area contributed by atoms with Gasteiger partial charge < -0.3 is 9.30 Å². The van der Waals surface area contributed by atoms with Crippen molar-refractivity contribution in [1.29, 1.82) is 0 Å². The number of carbonyl (C=O) groups is 3. The lowest BCUT2D eigenvalue weighted by molar-refractivity contribution is -0.129. The van der Waals surface area contributed by atoms with E-state index in [0.29, 0.717) is 5.69 Å². The van der Waals surface area contributed by atoms with Gasteiger partial charge in [0.15, 0.2) is 0 Å². The van der Waals surface area contributed by atoms with Gasteiger partial charge in [-0.1, -0.05) is 34.1 Å². The number of para-hydroxylation sites is 1. The summed E-state index contributed by atoms with van der Waals surface area (Å²) in [5, 5.41) is 0. The molecule has 1 aromatic heterocycles. The van der Waals surface area contributed by atoms with Crippen LogP contribution < -0.4 is 4.90 Å². The number of halogens is 1. The van der Waals surface area contributed by atoms with Crippen molar-refractivity contribution in [3.8, 4) is 5.69 Å². The summed E-state index contributed by atoms with van der Waals surface area (Å²) in [4.78, 5) is 41.9. The molecule has 4 rings (SSSR count). The molecule has 0 bridgehead atoms. The SMILES string of the molecule is COCCN1C(=O)/C(=C\c2cc(C)n(-c3ccc(Br)cc3)c2C)C(=O)N(c2ccccc2)C1=O. The Bertz CT molecular complexity index is 1280. The van der Waals surface area contributed by atoms with Crippen LogP contribution in [0.3, 0.4) is 0 Å². The number of nitrogens with zero attached hydrogens (tertiary/aromatic N) is 3. The summed E-state index contributed by atoms with van der Waals surface area (Å²) < 4.78 is 8.11. The summed E-state index contributed by atoms with van der Waals surface area (Å²) >= 11 is 3.45. The maximum Gasteiger partial charge on any atom is 0.338 e. The minimum atomic E-state index is -0.685. The highest BCUT2D eigenvalue weighted by atomic mass is 79.9. The zero-order valence-corrected chi connectivity index (χ0v) is 20.7. The predicted molar refractivity (Wildman–Crippen MR) is 134 cm³/mol. The van der Waals surface area contributed by atoms with Gasteiger partial charge in [0, 0.05) is 28.7 Å². The third kappa shape index (κ3) is 4.34. The van der Waals surface area contributed by atoms with Crippen molar-refractivity contribution in [3.05, 3.63) is 87.7 Å². The van der Waals surface area contributed by atoms with Gasteiger partial charge in [0.05, 0.1) is 18.8 Å². The van der Waals surface area contributed by atoms with Gasteiger partial charge in [-0.2, -0.15) is 0 Å². The molecule has 0 spiro atoms. The number of barbiturate groups is 1. The van der Waals surface area contributed by atoms with Crippen LogP contribution in [-0.4, -0.2) is 47.6 Å². The van der Waals surface area contributed by atoms with Crippen molar-refractivity contribution in [2.24, 2.45) is 0 Å². The van der Waals surface area contributed by atoms with Gasteiger partial charge in [-0.3, -0.25) is 14.5 Å². The zero-order chi connectivity index (χ0) is 24.4. The number of methoxy groups -OCH3 is 1. The Balaban J connectivity index is 1.80. The fourth-order valence-corrected chi connectivity index (χ4v) is 4.30. The molecule has 1 aliphatic rings. The minimum absolute atomic E-state index is 0.0417. The summed E-state index contributed by atoms with van der Waals surface area (Å²) in [7, 11) is 1.49. The molecule has 1 saturated heterocycles. The number of imide groups is 2. The lowest BCUT2D eigenvalue weighted by Gasteiger charge is -2.33. The molecular formula is C26H24BrN3O4. The number of ether oxygens (including phenoxy) is 1. The summed E-state index contributed by atoms with van der Waals surface area (Å²) in [6, 6.07) is 17.7. The van der Waals surface area contributed by atoms with E-state index >= 15 is 0 Å². The van der Waals surface area contributed by atoms with E-state index < -0.39 is 17.8 Å². The standard InChI is InChI=1S/C26H24BrN3O4/c1-17-15-19(18(2)29(17)22-11-9-20(27)10-12-22)16-23-24(31)28(13-14-34-3)26(33)30(25(23)32)21-7-5-4-6-8-21/h4-12,15-16H,13-14H2,1-3H3/b23-16+. The highest BCUT2D eigenvalue weighted by Crippen LogP contribution is 2.28. The Hall–Kier alpha value is -3.49. The maximum absolute atomic E-state index is 13.4. The van der Waals surface area contributed by atoms with Crippen molar-refractivity contribution >= 4 is 45.5 Å². The highest BCUT2D eigenvalue weighted by Gasteiger charge is 2.42. The lowest BCUT2D eigenvalue weighted by atomic mass is 10.1. The van der Waals surface area contributed by atoms with E-state index in [1.165, 1.54) is 7.11 Å². The van der Waals surface area contributed by atoms with Gasteiger partial charge >= 0.3 is 6.03 Å². The third-order valence-corrected chi connectivity index (χ3v) is 6.25. The maximum atomic E-state index is 13.4. The molecule has 0 radical (unpaired) electrons. The summed E-state index contributed by atoms with van der Waals surface area (Å²) in [6.07, 6.45) is 1.57. The van der Waals surface area contributed by atoms with Crippen LogP contribution in [0.2, 0.25) is 0 Å². The number of aryl methyl sites for hydroxylation is 1. The first-order valence-corrected chi connectivity index (χ1v) is 11.5. The fourth-order valence-electron chi connectivity index (χ4n) is 4.04. The number of rotatable bonds is 6. The molecule has 2 heterocycles. The number of urea groups is 1. The van der Waals surface area contributed by atoms with Crippen molar-refractivity contribution in [2.75, 3.05) is 25.2 Å². The first kappa shape index (κ1) is 23.7. The molecule has 7 nitrogen and oxygen atoms in total. The molecule has 8 heteroatoms. The summed E-state index contributed by atoms with van der Waals surface area (Å²) in [5.41, 5.74) is 3.85. The highest BCUT2D eigenvalue weighted by molar-refractivity contribution is 9.10. The second kappa shape index (κ2) is 9.79. The van der Waals surface area contributed by atoms with Crippen molar-refractivity contribution < 1.29 is 19.1 Å². The number of hydrogen-bond donors (Lipinski definition) is 0. The quantitative estimate of drug-likeness (QED) is 0.342. The number of aromatic nitrogens is 1. The monoisotopic (exact) mass is 521 g/mol. The van der Waals surface area contributed by atoms with Crippen molar-refractivity contribution in [3.63, 3.8) is 0 Å². The van der Waals surface area contributed by atoms with Gasteiger partial charge in [-0.25, -0.2) is 9.69 Å². The molecule has 34 heavy (non-hydrogen) atoms. The van der Waals surface area contributed by atoms with E-state index in [1.807, 2.05) is 44.2 Å². The third-order valence-electron chi connectivity index (χ3n) is 5.72. The molecule has 0 atom stereocenters. The average Bonchev–Trinajstić information content (AvgIpc) is 3.10. The molecule has 2 aromatic carbocycles. The molecule has 0 aliphatic carbocycles. The lowest BCUT2D eigenvalue weighted by Crippen LogP contribution is -2.57. The molecule has 1 aliphatic heterocycles. The number of hydrogen-bond acceptors (Lipinski definition) is 4. The van der Waals surface area contributed by atoms with Crippen molar-refractivity contribution in [1.82, 2.24) is 9.47 Å². The first-order chi connectivity index (χ1) is 16.3. The van der Waals surface area contributed by atoms with Gasteiger partial charge in [-0.15, -0.1) is 0 Å². The van der Waals surface area contributed by atoms with Crippen LogP contribution in [0.1, 0.15) is 17.0 Å². The van der Waals surface area contributed by atoms with Crippen molar-refractivity contribution in [2.45, 2.75) is 13.8 Å². The topological polar surface area (TPSA) is 71.8 Å². The number of carbonyl (C=O) groups excluding carboxylic acids is 3. The normalized spacial score (nSPS) is 15.5. The summed E-state index contributed by atoms with van der Waals surface area (Å²) in [5.74, 6) is -1.28. The Kier molecular flexibility index (Phi) is 6.81. The fraction of sp³-hybridized carbons (Fsp3) is 0.192. The van der Waals surface area contributed by atoms with Gasteiger partial charge in [0.25, 0.3) is 11.8 Å². The largest absolute Gasteiger partial charge is 0.383 e. The van der Waals surface area contributed by atoms with E-state index in [4.69, 9.17) is 4.74 Å². The van der Waals surface area contributed by atoms with Gasteiger partial charge in [0.1, 0.15) is 5.57 Å². The molecular weight excluding hydrogens is 498 g/mol. The molecule has 1 fully saturated rings. The first-order valence-electron chi connectivity index (χ1n) is 10.7. The molecule has 3 aromatic rings. The Labute approximate surface area is 206 Å². The van der Waals surface area contributed by atoms with E-state index in [1.54, 1.807) is 36.4 Å². The second-order valence-corrected chi connectivity index (χ2v) is 8.82. The van der Waals surface area contributed by atoms with Crippen LogP contribution in [0.25, 0.3) is 11.8 Å². The van der Waals surface area contributed by atoms with Crippen LogP contribution in [-0.2, 0) is 14.3 Å². The Morgan fingerprint density at radius 2 is 1.59 bits per heavy atom. The molecule has 174 valence electrons. The van der Waals surface area contributed by atoms with Crippen LogP contribution >= 0.6 is 15.9 Å². The van der Waals surface area contributed by atoms with Gasteiger partial charge in [-0.05, 0) is 68.0 Å². The van der Waals surface area contributed by atoms with Crippen LogP contribution in [0.15, 0.2) is 70.7 Å². The predicted octanol–water partition coefficient (Wildman–Crippen LogP) is 4.88. The second-order valence-electron chi connectivity index (χ2n) is 7.90. The number of amides is 4. The van der Waals surface area contributed by atoms with E-state index in [2.05, 4.69) is 20.5 Å². The van der Waals surface area contributed by atoms with Crippen LogP contribution in [0, 0.1) is 13.8 Å².